The van der Waals surface area contributed by atoms with Crippen molar-refractivity contribution in [3.05, 3.63) is 42.5 Å². The van der Waals surface area contributed by atoms with Crippen molar-refractivity contribution in [2.75, 3.05) is 0 Å². The van der Waals surface area contributed by atoms with Gasteiger partial charge in [0.15, 0.2) is 0 Å². The Hall–Kier alpha value is -1.57. The maximum Gasteiger partial charge on any atom is 0.338 e. The summed E-state index contributed by atoms with van der Waals surface area (Å²) in [5, 5.41) is 0. The Labute approximate surface area is 129 Å². The fourth-order valence-electron chi connectivity index (χ4n) is 2.24. The third kappa shape index (κ3) is 8.34. The van der Waals surface area contributed by atoms with Gasteiger partial charge < -0.3 is 4.74 Å². The van der Waals surface area contributed by atoms with Crippen LogP contribution < -0.4 is 4.74 Å². The minimum atomic E-state index is -0.302. The van der Waals surface area contributed by atoms with Crippen molar-refractivity contribution in [2.24, 2.45) is 0 Å². The predicted octanol–water partition coefficient (Wildman–Crippen LogP) is 5.68. The van der Waals surface area contributed by atoms with E-state index in [-0.39, 0.29) is 5.97 Å². The molecule has 0 aromatic heterocycles. The zero-order valence-electron chi connectivity index (χ0n) is 13.3. The molecule has 1 aromatic carbocycles. The number of esters is 1. The van der Waals surface area contributed by atoms with E-state index in [1.54, 1.807) is 12.1 Å². The number of carbonyl (C=O) groups excluding carboxylic acids is 1. The molecule has 0 aliphatic heterocycles. The molecular formula is C19H28O2. The summed E-state index contributed by atoms with van der Waals surface area (Å²) >= 11 is 0. The number of carbonyl (C=O) groups is 1. The van der Waals surface area contributed by atoms with Gasteiger partial charge >= 0.3 is 5.97 Å². The second kappa shape index (κ2) is 11.1. The number of hydrogen-bond acceptors (Lipinski definition) is 2. The summed E-state index contributed by atoms with van der Waals surface area (Å²) in [7, 11) is 0. The number of hydrogen-bond donors (Lipinski definition) is 0. The van der Waals surface area contributed by atoms with E-state index in [1.165, 1.54) is 44.9 Å². The van der Waals surface area contributed by atoms with Gasteiger partial charge in [-0.2, -0.15) is 0 Å². The lowest BCUT2D eigenvalue weighted by molar-refractivity contribution is -0.130. The van der Waals surface area contributed by atoms with Gasteiger partial charge in [0.2, 0.25) is 0 Å². The van der Waals surface area contributed by atoms with Crippen LogP contribution in [0.15, 0.2) is 42.5 Å². The van der Waals surface area contributed by atoms with Crippen molar-refractivity contribution >= 4 is 5.97 Å². The number of para-hydroxylation sites is 1. The van der Waals surface area contributed by atoms with Crippen LogP contribution in [0.1, 0.15) is 64.7 Å². The van der Waals surface area contributed by atoms with Crippen molar-refractivity contribution in [2.45, 2.75) is 64.7 Å². The first-order valence-corrected chi connectivity index (χ1v) is 8.19. The Morgan fingerprint density at radius 2 is 1.52 bits per heavy atom. The Morgan fingerprint density at radius 1 is 0.952 bits per heavy atom. The highest BCUT2D eigenvalue weighted by molar-refractivity contribution is 5.89. The summed E-state index contributed by atoms with van der Waals surface area (Å²) in [5.41, 5.74) is 0.574. The Morgan fingerprint density at radius 3 is 2.14 bits per heavy atom. The lowest BCUT2D eigenvalue weighted by Gasteiger charge is -2.06. The van der Waals surface area contributed by atoms with Crippen LogP contribution in [0.25, 0.3) is 0 Å². The number of unbranched alkanes of at least 4 members (excludes halogenated alkanes) is 7. The van der Waals surface area contributed by atoms with E-state index in [1.807, 2.05) is 18.2 Å². The van der Waals surface area contributed by atoms with E-state index in [9.17, 15) is 4.79 Å². The van der Waals surface area contributed by atoms with E-state index in [4.69, 9.17) is 4.74 Å². The molecule has 1 aromatic rings. The molecule has 116 valence electrons. The van der Waals surface area contributed by atoms with Gasteiger partial charge in [-0.25, -0.2) is 4.79 Å². The molecule has 0 amide bonds. The van der Waals surface area contributed by atoms with E-state index < -0.39 is 0 Å². The van der Waals surface area contributed by atoms with Crippen molar-refractivity contribution in [1.29, 1.82) is 0 Å². The topological polar surface area (TPSA) is 26.3 Å². The van der Waals surface area contributed by atoms with Crippen molar-refractivity contribution in [3.63, 3.8) is 0 Å². The highest BCUT2D eigenvalue weighted by Gasteiger charge is 2.09. The van der Waals surface area contributed by atoms with Crippen molar-refractivity contribution < 1.29 is 9.53 Å². The molecule has 0 heterocycles. The van der Waals surface area contributed by atoms with Gasteiger partial charge in [-0.15, -0.1) is 0 Å². The molecule has 0 spiro atoms. The normalized spacial score (nSPS) is 10.3. The first-order valence-electron chi connectivity index (χ1n) is 8.19. The van der Waals surface area contributed by atoms with Gasteiger partial charge in [0.25, 0.3) is 0 Å². The fourth-order valence-corrected chi connectivity index (χ4v) is 2.24. The summed E-state index contributed by atoms with van der Waals surface area (Å²) in [6.45, 7) is 6.07. The lowest BCUT2D eigenvalue weighted by Crippen LogP contribution is -2.10. The summed E-state index contributed by atoms with van der Waals surface area (Å²) in [6, 6.07) is 9.16. The monoisotopic (exact) mass is 288 g/mol. The third-order valence-electron chi connectivity index (χ3n) is 3.57. The minimum absolute atomic E-state index is 0.302. The Balaban J connectivity index is 2.06. The van der Waals surface area contributed by atoms with E-state index in [2.05, 4.69) is 13.5 Å². The van der Waals surface area contributed by atoms with Crippen LogP contribution in [-0.2, 0) is 4.79 Å². The van der Waals surface area contributed by atoms with Gasteiger partial charge in [0.1, 0.15) is 5.75 Å². The standard InChI is InChI=1S/C19H28O2/c1-3-4-5-6-7-8-9-11-14-17(2)19(20)21-18-15-12-10-13-16-18/h10,12-13,15-16H,2-9,11,14H2,1H3. The van der Waals surface area contributed by atoms with Crippen LogP contribution in [0.5, 0.6) is 5.75 Å². The van der Waals surface area contributed by atoms with E-state index >= 15 is 0 Å². The Kier molecular flexibility index (Phi) is 9.26. The fraction of sp³-hybridized carbons (Fsp3) is 0.526. The molecule has 0 atom stereocenters. The highest BCUT2D eigenvalue weighted by atomic mass is 16.5. The molecule has 1 rings (SSSR count). The maximum absolute atomic E-state index is 11.8. The van der Waals surface area contributed by atoms with Crippen LogP contribution in [-0.4, -0.2) is 5.97 Å². The zero-order valence-corrected chi connectivity index (χ0v) is 13.3. The largest absolute Gasteiger partial charge is 0.423 e. The van der Waals surface area contributed by atoms with Crippen LogP contribution in [0.2, 0.25) is 0 Å². The second-order valence-electron chi connectivity index (χ2n) is 5.53. The molecule has 0 aliphatic rings. The van der Waals surface area contributed by atoms with Gasteiger partial charge in [-0.3, -0.25) is 0 Å². The van der Waals surface area contributed by atoms with E-state index in [0.29, 0.717) is 11.3 Å². The molecule has 2 nitrogen and oxygen atoms in total. The lowest BCUT2D eigenvalue weighted by atomic mass is 10.1. The molecule has 0 aliphatic carbocycles. The van der Waals surface area contributed by atoms with Crippen LogP contribution in [0, 0.1) is 0 Å². The van der Waals surface area contributed by atoms with Crippen LogP contribution in [0.3, 0.4) is 0 Å². The molecule has 0 fully saturated rings. The maximum atomic E-state index is 11.8. The number of ether oxygens (including phenoxy) is 1. The second-order valence-corrected chi connectivity index (χ2v) is 5.53. The molecule has 0 unspecified atom stereocenters. The molecule has 0 bridgehead atoms. The molecular weight excluding hydrogens is 260 g/mol. The smallest absolute Gasteiger partial charge is 0.338 e. The Bertz CT molecular complexity index is 409. The summed E-state index contributed by atoms with van der Waals surface area (Å²) < 4.78 is 5.26. The summed E-state index contributed by atoms with van der Waals surface area (Å²) in [6.07, 6.45) is 10.8. The zero-order chi connectivity index (χ0) is 15.3. The SMILES string of the molecule is C=C(CCCCCCCCCC)C(=O)Oc1ccccc1. The molecule has 21 heavy (non-hydrogen) atoms. The average Bonchev–Trinajstić information content (AvgIpc) is 2.50. The third-order valence-corrected chi connectivity index (χ3v) is 3.57. The summed E-state index contributed by atoms with van der Waals surface area (Å²) in [4.78, 5) is 11.8. The molecule has 0 N–H and O–H groups in total. The van der Waals surface area contributed by atoms with Gasteiger partial charge in [-0.1, -0.05) is 76.6 Å². The first-order chi connectivity index (χ1) is 10.2. The quantitative estimate of drug-likeness (QED) is 0.227. The van der Waals surface area contributed by atoms with Gasteiger partial charge in [0.05, 0.1) is 0 Å². The first kappa shape index (κ1) is 17.5. The highest BCUT2D eigenvalue weighted by Crippen LogP contribution is 2.15. The van der Waals surface area contributed by atoms with E-state index in [0.717, 1.165) is 12.8 Å². The average molecular weight is 288 g/mol. The minimum Gasteiger partial charge on any atom is -0.423 e. The van der Waals surface area contributed by atoms with Gasteiger partial charge in [0, 0.05) is 5.57 Å². The number of benzene rings is 1. The van der Waals surface area contributed by atoms with Crippen molar-refractivity contribution in [1.82, 2.24) is 0 Å². The van der Waals surface area contributed by atoms with Crippen molar-refractivity contribution in [3.8, 4) is 5.75 Å². The molecule has 0 radical (unpaired) electrons. The number of rotatable bonds is 11. The molecule has 0 saturated carbocycles. The van der Waals surface area contributed by atoms with Crippen LogP contribution >= 0.6 is 0 Å². The summed E-state index contributed by atoms with van der Waals surface area (Å²) in [5.74, 6) is 0.281. The molecule has 0 saturated heterocycles. The van der Waals surface area contributed by atoms with Crippen LogP contribution in [0.4, 0.5) is 0 Å². The predicted molar refractivity (Wildman–Crippen MR) is 88.4 cm³/mol. The van der Waals surface area contributed by atoms with Gasteiger partial charge in [-0.05, 0) is 25.0 Å². The molecule has 2 heteroatoms.